The van der Waals surface area contributed by atoms with Crippen LogP contribution in [0.2, 0.25) is 5.02 Å². The molecule has 0 fully saturated rings. The summed E-state index contributed by atoms with van der Waals surface area (Å²) in [5.41, 5.74) is 1.75. The van der Waals surface area contributed by atoms with Crippen molar-refractivity contribution in [3.8, 4) is 5.75 Å². The van der Waals surface area contributed by atoms with Crippen LogP contribution in [0, 0.1) is 6.92 Å². The maximum Gasteiger partial charge on any atom is 0.355 e. The van der Waals surface area contributed by atoms with Crippen LogP contribution in [0.1, 0.15) is 11.1 Å². The smallest absolute Gasteiger partial charge is 0.355 e. The van der Waals surface area contributed by atoms with Crippen molar-refractivity contribution in [2.24, 2.45) is 0 Å². The predicted molar refractivity (Wildman–Crippen MR) is 83.0 cm³/mol. The number of ether oxygens (including phenoxy) is 1. The fourth-order valence-corrected chi connectivity index (χ4v) is 2.28. The zero-order valence-corrected chi connectivity index (χ0v) is 12.2. The quantitative estimate of drug-likeness (QED) is 0.676. The molecule has 0 N–H and O–H groups in total. The van der Waals surface area contributed by atoms with Crippen molar-refractivity contribution in [2.75, 3.05) is 0 Å². The first-order chi connectivity index (χ1) is 10.1. The van der Waals surface area contributed by atoms with Gasteiger partial charge in [-0.2, -0.15) is 0 Å². The maximum atomic E-state index is 11.6. The Morgan fingerprint density at radius 1 is 1.14 bits per heavy atom. The molecule has 0 amide bonds. The second-order valence-corrected chi connectivity index (χ2v) is 5.14. The maximum absolute atomic E-state index is 11.6. The number of aryl methyl sites for hydroxylation is 1. The van der Waals surface area contributed by atoms with Crippen LogP contribution in [0.3, 0.4) is 0 Å². The van der Waals surface area contributed by atoms with Crippen LogP contribution < -0.4 is 10.4 Å². The summed E-state index contributed by atoms with van der Waals surface area (Å²) in [6.07, 6.45) is 0. The molecule has 3 aromatic rings. The summed E-state index contributed by atoms with van der Waals surface area (Å²) in [6.45, 7) is 2.26. The molecule has 0 bridgehead atoms. The van der Waals surface area contributed by atoms with Gasteiger partial charge in [0, 0.05) is 11.5 Å². The van der Waals surface area contributed by atoms with Gasteiger partial charge in [0.05, 0.1) is 0 Å². The van der Waals surface area contributed by atoms with Crippen LogP contribution in [0.5, 0.6) is 5.75 Å². The predicted octanol–water partition coefficient (Wildman–Crippen LogP) is 4.33. The van der Waals surface area contributed by atoms with Crippen molar-refractivity contribution >= 4 is 22.6 Å². The van der Waals surface area contributed by atoms with Crippen LogP contribution in [0.15, 0.2) is 57.7 Å². The molecule has 1 heterocycles. The Balaban J connectivity index is 1.91. The molecule has 0 unspecified atom stereocenters. The summed E-state index contributed by atoms with van der Waals surface area (Å²) in [6, 6.07) is 15.3. The Hall–Kier alpha value is -2.26. The second-order valence-electron chi connectivity index (χ2n) is 4.76. The molecular formula is C17H13ClO3. The summed E-state index contributed by atoms with van der Waals surface area (Å²) < 4.78 is 10.9. The third-order valence-electron chi connectivity index (χ3n) is 3.32. The minimum atomic E-state index is -0.526. The Bertz CT molecular complexity index is 838. The summed E-state index contributed by atoms with van der Waals surface area (Å²) in [7, 11) is 0. The van der Waals surface area contributed by atoms with Crippen molar-refractivity contribution in [3.05, 3.63) is 75.1 Å². The van der Waals surface area contributed by atoms with Crippen molar-refractivity contribution in [3.63, 3.8) is 0 Å². The highest BCUT2D eigenvalue weighted by molar-refractivity contribution is 6.31. The van der Waals surface area contributed by atoms with Crippen molar-refractivity contribution in [1.82, 2.24) is 0 Å². The molecule has 3 nitrogen and oxygen atoms in total. The molecule has 0 radical (unpaired) electrons. The first-order valence-corrected chi connectivity index (χ1v) is 6.92. The number of hydrogen-bond acceptors (Lipinski definition) is 3. The van der Waals surface area contributed by atoms with Gasteiger partial charge in [0.2, 0.25) is 0 Å². The van der Waals surface area contributed by atoms with Gasteiger partial charge in [-0.1, -0.05) is 41.9 Å². The molecule has 0 spiro atoms. The zero-order chi connectivity index (χ0) is 14.8. The SMILES string of the molecule is Cc1c(Cl)c(=O)oc2cc(OCc3ccccc3)ccc12. The highest BCUT2D eigenvalue weighted by Crippen LogP contribution is 2.26. The average molecular weight is 301 g/mol. The van der Waals surface area contributed by atoms with E-state index in [0.717, 1.165) is 16.5 Å². The molecule has 21 heavy (non-hydrogen) atoms. The van der Waals surface area contributed by atoms with E-state index in [0.29, 0.717) is 17.9 Å². The lowest BCUT2D eigenvalue weighted by Crippen LogP contribution is -2.02. The fourth-order valence-electron chi connectivity index (χ4n) is 2.14. The molecule has 4 heteroatoms. The van der Waals surface area contributed by atoms with Gasteiger partial charge < -0.3 is 9.15 Å². The van der Waals surface area contributed by atoms with E-state index in [4.69, 9.17) is 20.8 Å². The first kappa shape index (κ1) is 13.7. The van der Waals surface area contributed by atoms with Gasteiger partial charge in [-0.05, 0) is 30.2 Å². The lowest BCUT2D eigenvalue weighted by Gasteiger charge is -2.08. The molecule has 3 rings (SSSR count). The monoisotopic (exact) mass is 300 g/mol. The number of benzene rings is 2. The number of halogens is 1. The minimum absolute atomic E-state index is 0.125. The molecule has 1 aromatic heterocycles. The van der Waals surface area contributed by atoms with Gasteiger partial charge in [-0.15, -0.1) is 0 Å². The van der Waals surface area contributed by atoms with Gasteiger partial charge in [-0.3, -0.25) is 0 Å². The van der Waals surface area contributed by atoms with Crippen LogP contribution in [-0.2, 0) is 6.61 Å². The normalized spacial score (nSPS) is 10.8. The first-order valence-electron chi connectivity index (χ1n) is 6.55. The van der Waals surface area contributed by atoms with Crippen LogP contribution >= 0.6 is 11.6 Å². The summed E-state index contributed by atoms with van der Waals surface area (Å²) in [5, 5.41) is 0.937. The number of rotatable bonds is 3. The van der Waals surface area contributed by atoms with Crippen LogP contribution in [-0.4, -0.2) is 0 Å². The van der Waals surface area contributed by atoms with Crippen LogP contribution in [0.25, 0.3) is 11.0 Å². The highest BCUT2D eigenvalue weighted by atomic mass is 35.5. The molecule has 0 aliphatic carbocycles. The van der Waals surface area contributed by atoms with Crippen molar-refractivity contribution in [1.29, 1.82) is 0 Å². The molecule has 2 aromatic carbocycles. The summed E-state index contributed by atoms with van der Waals surface area (Å²) in [4.78, 5) is 11.6. The Kier molecular flexibility index (Phi) is 3.67. The van der Waals surface area contributed by atoms with E-state index in [1.165, 1.54) is 0 Å². The van der Waals surface area contributed by atoms with Crippen molar-refractivity contribution < 1.29 is 9.15 Å². The Morgan fingerprint density at radius 3 is 2.67 bits per heavy atom. The highest BCUT2D eigenvalue weighted by Gasteiger charge is 2.09. The Labute approximate surface area is 126 Å². The summed E-state index contributed by atoms with van der Waals surface area (Å²) in [5.74, 6) is 0.649. The lowest BCUT2D eigenvalue weighted by atomic mass is 10.1. The third kappa shape index (κ3) is 2.78. The average Bonchev–Trinajstić information content (AvgIpc) is 2.51. The van der Waals surface area contributed by atoms with E-state index in [1.807, 2.05) is 42.5 Å². The zero-order valence-electron chi connectivity index (χ0n) is 11.4. The molecule has 0 saturated carbocycles. The topological polar surface area (TPSA) is 39.4 Å². The largest absolute Gasteiger partial charge is 0.489 e. The van der Waals surface area contributed by atoms with E-state index in [1.54, 1.807) is 13.0 Å². The van der Waals surface area contributed by atoms with Gasteiger partial charge >= 0.3 is 5.63 Å². The minimum Gasteiger partial charge on any atom is -0.489 e. The lowest BCUT2D eigenvalue weighted by molar-refractivity contribution is 0.306. The van der Waals surface area contributed by atoms with Crippen LogP contribution in [0.4, 0.5) is 0 Å². The van der Waals surface area contributed by atoms with Gasteiger partial charge in [-0.25, -0.2) is 4.79 Å². The van der Waals surface area contributed by atoms with E-state index in [2.05, 4.69) is 0 Å². The molecular weight excluding hydrogens is 288 g/mol. The molecule has 0 aliphatic heterocycles. The molecule has 0 atom stereocenters. The molecule has 0 saturated heterocycles. The molecule has 0 aliphatic rings. The van der Waals surface area contributed by atoms with Gasteiger partial charge in [0.1, 0.15) is 23.0 Å². The van der Waals surface area contributed by atoms with E-state index < -0.39 is 5.63 Å². The number of fused-ring (bicyclic) bond motifs is 1. The van der Waals surface area contributed by atoms with Crippen molar-refractivity contribution in [2.45, 2.75) is 13.5 Å². The Morgan fingerprint density at radius 2 is 1.90 bits per heavy atom. The van der Waals surface area contributed by atoms with E-state index in [-0.39, 0.29) is 5.02 Å². The number of hydrogen-bond donors (Lipinski definition) is 0. The summed E-state index contributed by atoms with van der Waals surface area (Å²) >= 11 is 5.90. The third-order valence-corrected chi connectivity index (χ3v) is 3.75. The fraction of sp³-hybridized carbons (Fsp3) is 0.118. The molecule has 106 valence electrons. The van der Waals surface area contributed by atoms with E-state index in [9.17, 15) is 4.79 Å². The standard InChI is InChI=1S/C17H13ClO3/c1-11-14-8-7-13(9-15(14)21-17(19)16(11)18)20-10-12-5-3-2-4-6-12/h2-9H,10H2,1H3. The van der Waals surface area contributed by atoms with Gasteiger partial charge in [0.15, 0.2) is 0 Å². The second kappa shape index (κ2) is 5.62. The van der Waals surface area contributed by atoms with Gasteiger partial charge in [0.25, 0.3) is 0 Å². The van der Waals surface area contributed by atoms with E-state index >= 15 is 0 Å².